The average molecular weight is 285 g/mol. The van der Waals surface area contributed by atoms with Gasteiger partial charge in [0.15, 0.2) is 0 Å². The van der Waals surface area contributed by atoms with Gasteiger partial charge in [0, 0.05) is 18.3 Å². The van der Waals surface area contributed by atoms with Crippen LogP contribution in [0, 0.1) is 17.1 Å². The van der Waals surface area contributed by atoms with Crippen molar-refractivity contribution in [3.8, 4) is 6.07 Å². The molecule has 0 atom stereocenters. The Kier molecular flexibility index (Phi) is 3.17. The summed E-state index contributed by atoms with van der Waals surface area (Å²) in [5, 5.41) is 10.1. The molecule has 0 fully saturated rings. The number of halogens is 2. The van der Waals surface area contributed by atoms with Crippen LogP contribution in [0.2, 0.25) is 5.02 Å². The molecule has 0 aliphatic heterocycles. The monoisotopic (exact) mass is 284 g/mol. The quantitative estimate of drug-likeness (QED) is 0.687. The molecule has 0 N–H and O–H groups in total. The van der Waals surface area contributed by atoms with E-state index in [1.807, 2.05) is 29.0 Å². The first kappa shape index (κ1) is 12.7. The van der Waals surface area contributed by atoms with E-state index >= 15 is 0 Å². The van der Waals surface area contributed by atoms with Crippen LogP contribution in [-0.2, 0) is 6.54 Å². The van der Waals surface area contributed by atoms with Crippen molar-refractivity contribution in [1.29, 1.82) is 5.26 Å². The number of hydrogen-bond donors (Lipinski definition) is 0. The van der Waals surface area contributed by atoms with Crippen molar-refractivity contribution in [3.05, 3.63) is 70.6 Å². The van der Waals surface area contributed by atoms with Gasteiger partial charge in [-0.3, -0.25) is 0 Å². The van der Waals surface area contributed by atoms with Crippen LogP contribution < -0.4 is 0 Å². The number of hydrogen-bond acceptors (Lipinski definition) is 1. The zero-order valence-electron chi connectivity index (χ0n) is 10.5. The fourth-order valence-electron chi connectivity index (χ4n) is 2.23. The summed E-state index contributed by atoms with van der Waals surface area (Å²) in [5.41, 5.74) is 2.39. The molecular weight excluding hydrogens is 275 g/mol. The van der Waals surface area contributed by atoms with Crippen molar-refractivity contribution in [2.75, 3.05) is 0 Å². The Balaban J connectivity index is 2.02. The van der Waals surface area contributed by atoms with Gasteiger partial charge in [-0.25, -0.2) is 4.39 Å². The molecule has 0 unspecified atom stereocenters. The summed E-state index contributed by atoms with van der Waals surface area (Å²) in [6.07, 6.45) is 1.93. The molecule has 0 aliphatic rings. The Morgan fingerprint density at radius 3 is 2.75 bits per heavy atom. The summed E-state index contributed by atoms with van der Waals surface area (Å²) in [6.45, 7) is 0.534. The van der Waals surface area contributed by atoms with Crippen LogP contribution >= 0.6 is 11.6 Å². The van der Waals surface area contributed by atoms with Crippen molar-refractivity contribution < 1.29 is 4.39 Å². The lowest BCUT2D eigenvalue weighted by Crippen LogP contribution is -1.98. The Bertz CT molecular complexity index is 830. The van der Waals surface area contributed by atoms with Crippen LogP contribution in [0.15, 0.2) is 48.7 Å². The molecule has 4 heteroatoms. The smallest absolute Gasteiger partial charge is 0.142 e. The second kappa shape index (κ2) is 4.99. The fourth-order valence-corrected chi connectivity index (χ4v) is 2.34. The van der Waals surface area contributed by atoms with Crippen LogP contribution in [0.25, 0.3) is 10.9 Å². The van der Waals surface area contributed by atoms with Crippen molar-refractivity contribution in [3.63, 3.8) is 0 Å². The van der Waals surface area contributed by atoms with Crippen LogP contribution in [-0.4, -0.2) is 4.57 Å². The molecule has 0 bridgehead atoms. The second-order valence-corrected chi connectivity index (χ2v) is 4.98. The molecule has 1 aromatic heterocycles. The first-order valence-corrected chi connectivity index (χ1v) is 6.48. The van der Waals surface area contributed by atoms with E-state index in [0.29, 0.717) is 12.1 Å². The van der Waals surface area contributed by atoms with E-state index in [0.717, 1.165) is 16.5 Å². The molecule has 98 valence electrons. The summed E-state index contributed by atoms with van der Waals surface area (Å²) < 4.78 is 15.4. The van der Waals surface area contributed by atoms with Gasteiger partial charge in [-0.2, -0.15) is 5.26 Å². The standard InChI is InChI=1S/C16H10ClFN2/c17-14-4-2-12(7-15(14)18)10-20-6-5-13-3-1-11(9-19)8-16(13)20/h1-8H,10H2. The molecular formula is C16H10ClFN2. The van der Waals surface area contributed by atoms with E-state index in [-0.39, 0.29) is 5.02 Å². The minimum Gasteiger partial charge on any atom is -0.343 e. The van der Waals surface area contributed by atoms with Gasteiger partial charge in [-0.1, -0.05) is 23.7 Å². The molecule has 0 amide bonds. The summed E-state index contributed by atoms with van der Waals surface area (Å²) in [5.74, 6) is -0.418. The SMILES string of the molecule is N#Cc1ccc2ccn(Cc3ccc(Cl)c(F)c3)c2c1. The molecule has 3 rings (SSSR count). The molecule has 2 aromatic carbocycles. The van der Waals surface area contributed by atoms with Gasteiger partial charge in [0.25, 0.3) is 0 Å². The van der Waals surface area contributed by atoms with Crippen molar-refractivity contribution >= 4 is 22.5 Å². The van der Waals surface area contributed by atoms with E-state index in [1.165, 1.54) is 6.07 Å². The normalized spacial score (nSPS) is 10.7. The highest BCUT2D eigenvalue weighted by Gasteiger charge is 2.05. The molecule has 0 spiro atoms. The number of fused-ring (bicyclic) bond motifs is 1. The maximum absolute atomic E-state index is 13.5. The Hall–Kier alpha value is -2.31. The lowest BCUT2D eigenvalue weighted by Gasteiger charge is -2.07. The lowest BCUT2D eigenvalue weighted by molar-refractivity contribution is 0.624. The molecule has 0 saturated heterocycles. The highest BCUT2D eigenvalue weighted by atomic mass is 35.5. The van der Waals surface area contributed by atoms with E-state index < -0.39 is 5.82 Å². The Labute approximate surface area is 120 Å². The summed E-state index contributed by atoms with van der Waals surface area (Å²) in [7, 11) is 0. The molecule has 3 aromatic rings. The van der Waals surface area contributed by atoms with E-state index in [4.69, 9.17) is 16.9 Å². The fraction of sp³-hybridized carbons (Fsp3) is 0.0625. The summed E-state index contributed by atoms with van der Waals surface area (Å²) >= 11 is 5.68. The third kappa shape index (κ3) is 2.26. The number of rotatable bonds is 2. The summed E-state index contributed by atoms with van der Waals surface area (Å²) in [6, 6.07) is 14.4. The van der Waals surface area contributed by atoms with Crippen LogP contribution in [0.5, 0.6) is 0 Å². The predicted octanol–water partition coefficient (Wildman–Crippen LogP) is 4.35. The Morgan fingerprint density at radius 2 is 2.00 bits per heavy atom. The number of nitrogens with zero attached hydrogens (tertiary/aromatic N) is 2. The topological polar surface area (TPSA) is 28.7 Å². The zero-order chi connectivity index (χ0) is 14.1. The third-order valence-corrected chi connectivity index (χ3v) is 3.55. The predicted molar refractivity (Wildman–Crippen MR) is 77.2 cm³/mol. The molecule has 1 heterocycles. The second-order valence-electron chi connectivity index (χ2n) is 4.58. The minimum absolute atomic E-state index is 0.123. The van der Waals surface area contributed by atoms with Crippen LogP contribution in [0.1, 0.15) is 11.1 Å². The van der Waals surface area contributed by atoms with Gasteiger partial charge in [0.2, 0.25) is 0 Å². The van der Waals surface area contributed by atoms with E-state index in [1.54, 1.807) is 18.2 Å². The van der Waals surface area contributed by atoms with Crippen LogP contribution in [0.4, 0.5) is 4.39 Å². The van der Waals surface area contributed by atoms with Gasteiger partial charge >= 0.3 is 0 Å². The van der Waals surface area contributed by atoms with E-state index in [2.05, 4.69) is 6.07 Å². The average Bonchev–Trinajstić information content (AvgIpc) is 2.85. The lowest BCUT2D eigenvalue weighted by atomic mass is 10.2. The van der Waals surface area contributed by atoms with Gasteiger partial charge in [-0.15, -0.1) is 0 Å². The minimum atomic E-state index is -0.418. The number of benzene rings is 2. The molecule has 0 radical (unpaired) electrons. The maximum atomic E-state index is 13.5. The number of aromatic nitrogens is 1. The maximum Gasteiger partial charge on any atom is 0.142 e. The van der Waals surface area contributed by atoms with Gasteiger partial charge in [0.05, 0.1) is 16.7 Å². The highest BCUT2D eigenvalue weighted by Crippen LogP contribution is 2.21. The first-order chi connectivity index (χ1) is 9.67. The molecule has 0 saturated carbocycles. The molecule has 20 heavy (non-hydrogen) atoms. The van der Waals surface area contributed by atoms with Crippen LogP contribution in [0.3, 0.4) is 0 Å². The molecule has 2 nitrogen and oxygen atoms in total. The third-order valence-electron chi connectivity index (χ3n) is 3.24. The van der Waals surface area contributed by atoms with Gasteiger partial charge in [-0.05, 0) is 41.3 Å². The first-order valence-electron chi connectivity index (χ1n) is 6.10. The molecule has 0 aliphatic carbocycles. The van der Waals surface area contributed by atoms with Crippen molar-refractivity contribution in [2.24, 2.45) is 0 Å². The van der Waals surface area contributed by atoms with Gasteiger partial charge < -0.3 is 4.57 Å². The highest BCUT2D eigenvalue weighted by molar-refractivity contribution is 6.30. The van der Waals surface area contributed by atoms with E-state index in [9.17, 15) is 4.39 Å². The summed E-state index contributed by atoms with van der Waals surface area (Å²) in [4.78, 5) is 0. The van der Waals surface area contributed by atoms with Crippen molar-refractivity contribution in [2.45, 2.75) is 6.54 Å². The van der Waals surface area contributed by atoms with Crippen molar-refractivity contribution in [1.82, 2.24) is 4.57 Å². The largest absolute Gasteiger partial charge is 0.343 e. The Morgan fingerprint density at radius 1 is 1.15 bits per heavy atom. The number of nitriles is 1. The van der Waals surface area contributed by atoms with Gasteiger partial charge in [0.1, 0.15) is 5.82 Å². The zero-order valence-corrected chi connectivity index (χ0v) is 11.2.